The van der Waals surface area contributed by atoms with Crippen LogP contribution in [0.5, 0.6) is 0 Å². The topological polar surface area (TPSA) is 149 Å². The molecule has 2 heterocycles. The van der Waals surface area contributed by atoms with Gasteiger partial charge in [-0.25, -0.2) is 0 Å². The molecule has 12 heteroatoms. The smallest absolute Gasteiger partial charge is 0.187 e. The molecule has 6 N–H and O–H groups in total. The van der Waals surface area contributed by atoms with Crippen LogP contribution in [0.4, 0.5) is 0 Å². The third kappa shape index (κ3) is 8.07. The minimum Gasteiger partial charge on any atom is -0.394 e. The molecule has 2 fully saturated rings. The van der Waals surface area contributed by atoms with Gasteiger partial charge in [-0.1, -0.05) is 74.7 Å². The summed E-state index contributed by atoms with van der Waals surface area (Å²) in [6, 6.07) is 0. The summed E-state index contributed by atoms with van der Waals surface area (Å²) in [5.41, 5.74) is 0. The lowest BCUT2D eigenvalue weighted by Gasteiger charge is -2.46. The number of rotatable bonds is 4. The number of aliphatic hydroxyl groups excluding tert-OH is 6. The van der Waals surface area contributed by atoms with Gasteiger partial charge >= 0.3 is 0 Å². The van der Waals surface area contributed by atoms with Crippen LogP contribution in [-0.2, 0) is 14.2 Å². The van der Waals surface area contributed by atoms with Crippen molar-refractivity contribution in [2.24, 2.45) is 5.92 Å². The van der Waals surface area contributed by atoms with E-state index in [1.807, 2.05) is 0 Å². The highest BCUT2D eigenvalue weighted by molar-refractivity contribution is 14.3. The van der Waals surface area contributed by atoms with Gasteiger partial charge in [0.2, 0.25) is 0 Å². The lowest BCUT2D eigenvalue weighted by molar-refractivity contribution is -0.335. The van der Waals surface area contributed by atoms with Crippen molar-refractivity contribution in [2.45, 2.75) is 75.3 Å². The quantitative estimate of drug-likeness (QED) is 0.172. The zero-order chi connectivity index (χ0) is 21.8. The Bertz CT molecular complexity index is 459. The SMILES string of the molecule is CC(I)(I)I.CC1OC(CO)C(O)C(OC2OC(CO)C(O)C(O)C2O)C1C. The molecule has 168 valence electrons. The normalized spacial score (nSPS) is 44.6. The molecule has 0 aliphatic carbocycles. The third-order valence-corrected chi connectivity index (χ3v) is 4.69. The van der Waals surface area contributed by atoms with Crippen LogP contribution in [0.15, 0.2) is 0 Å². The van der Waals surface area contributed by atoms with Crippen molar-refractivity contribution in [3.63, 3.8) is 0 Å². The van der Waals surface area contributed by atoms with Crippen LogP contribution in [0.3, 0.4) is 0 Å². The first-order chi connectivity index (χ1) is 12.8. The van der Waals surface area contributed by atoms with Gasteiger partial charge in [-0.3, -0.25) is 0 Å². The van der Waals surface area contributed by atoms with E-state index in [-0.39, 0.29) is 12.0 Å². The maximum absolute atomic E-state index is 10.3. The number of hydrogen-bond donors (Lipinski definition) is 6. The van der Waals surface area contributed by atoms with Gasteiger partial charge in [0, 0.05) is 5.92 Å². The number of halogens is 3. The van der Waals surface area contributed by atoms with E-state index < -0.39 is 62.2 Å². The first kappa shape index (κ1) is 27.9. The molecule has 10 atom stereocenters. The maximum atomic E-state index is 10.3. The van der Waals surface area contributed by atoms with Crippen molar-refractivity contribution in [1.29, 1.82) is 0 Å². The first-order valence-electron chi connectivity index (χ1n) is 8.78. The van der Waals surface area contributed by atoms with Crippen molar-refractivity contribution >= 4 is 67.8 Å². The second-order valence-corrected chi connectivity index (χ2v) is 19.7. The lowest BCUT2D eigenvalue weighted by atomic mass is 9.88. The van der Waals surface area contributed by atoms with E-state index in [4.69, 9.17) is 14.2 Å². The zero-order valence-corrected chi connectivity index (χ0v) is 22.2. The summed E-state index contributed by atoms with van der Waals surface area (Å²) in [4.78, 5) is 0. The van der Waals surface area contributed by atoms with Crippen molar-refractivity contribution in [1.82, 2.24) is 0 Å². The molecule has 2 aliphatic rings. The van der Waals surface area contributed by atoms with Gasteiger partial charge in [-0.05, 0) is 13.8 Å². The molecule has 28 heavy (non-hydrogen) atoms. The average Bonchev–Trinajstić information content (AvgIpc) is 2.60. The van der Waals surface area contributed by atoms with Crippen LogP contribution in [0.2, 0.25) is 0 Å². The number of alkyl halides is 3. The minimum atomic E-state index is -1.55. The summed E-state index contributed by atoms with van der Waals surface area (Å²) in [7, 11) is 0. The van der Waals surface area contributed by atoms with Crippen molar-refractivity contribution in [3.8, 4) is 0 Å². The summed E-state index contributed by atoms with van der Waals surface area (Å²) < 4.78 is 16.8. The fourth-order valence-corrected chi connectivity index (χ4v) is 2.96. The van der Waals surface area contributed by atoms with Crippen molar-refractivity contribution in [2.75, 3.05) is 13.2 Å². The Morgan fingerprint density at radius 1 is 0.821 bits per heavy atom. The number of ether oxygens (including phenoxy) is 3. The Kier molecular flexibility index (Phi) is 12.1. The average molecular weight is 746 g/mol. The Labute approximate surface area is 205 Å². The van der Waals surface area contributed by atoms with Gasteiger partial charge in [-0.15, -0.1) is 0 Å². The molecule has 0 aromatic carbocycles. The zero-order valence-electron chi connectivity index (χ0n) is 15.7. The van der Waals surface area contributed by atoms with Gasteiger partial charge < -0.3 is 44.8 Å². The van der Waals surface area contributed by atoms with Gasteiger partial charge in [0.05, 0.1) is 25.4 Å². The molecule has 0 amide bonds. The standard InChI is InChI=1S/C14H26O9.C2H3I3/c1-5-6(2)21-8(4-16)10(18)13(5)23-14-12(20)11(19)9(17)7(3-15)22-14;1-2(3,4)5/h5-20H,3-4H2,1-2H3;1H3. The van der Waals surface area contributed by atoms with Gasteiger partial charge in [0.15, 0.2) is 6.29 Å². The molecule has 0 aromatic rings. The van der Waals surface area contributed by atoms with E-state index >= 15 is 0 Å². The summed E-state index contributed by atoms with van der Waals surface area (Å²) in [5, 5.41) is 58.3. The lowest BCUT2D eigenvalue weighted by Crippen LogP contribution is -2.62. The van der Waals surface area contributed by atoms with E-state index in [1.165, 1.54) is 0 Å². The first-order valence-corrected chi connectivity index (χ1v) is 12.0. The fourth-order valence-electron chi connectivity index (χ4n) is 2.96. The molecule has 0 bridgehead atoms. The molecular formula is C16H29I3O9. The Balaban J connectivity index is 0.000000696. The molecule has 0 aromatic heterocycles. The van der Waals surface area contributed by atoms with Crippen LogP contribution in [-0.4, -0.2) is 98.4 Å². The van der Waals surface area contributed by atoms with E-state index in [9.17, 15) is 30.6 Å². The van der Waals surface area contributed by atoms with Crippen molar-refractivity contribution < 1.29 is 44.8 Å². The second kappa shape index (κ2) is 12.2. The predicted octanol–water partition coefficient (Wildman–Crippen LogP) is -0.0868. The highest BCUT2D eigenvalue weighted by atomic mass is 127. The van der Waals surface area contributed by atoms with Crippen LogP contribution < -0.4 is 0 Å². The molecular weight excluding hydrogens is 717 g/mol. The Hall–Kier alpha value is 1.83. The number of aliphatic hydroxyl groups is 6. The fraction of sp³-hybridized carbons (Fsp3) is 1.00. The van der Waals surface area contributed by atoms with Crippen molar-refractivity contribution in [3.05, 3.63) is 0 Å². The van der Waals surface area contributed by atoms with E-state index in [0.29, 0.717) is -0.565 Å². The molecule has 0 saturated carbocycles. The largest absolute Gasteiger partial charge is 0.394 e. The Morgan fingerprint density at radius 2 is 1.29 bits per heavy atom. The molecule has 2 saturated heterocycles. The molecule has 2 rings (SSSR count). The molecule has 0 spiro atoms. The summed E-state index contributed by atoms with van der Waals surface area (Å²) in [5.74, 6) is -0.278. The van der Waals surface area contributed by atoms with E-state index in [0.717, 1.165) is 0 Å². The Morgan fingerprint density at radius 3 is 1.75 bits per heavy atom. The molecule has 2 aliphatic heterocycles. The maximum Gasteiger partial charge on any atom is 0.187 e. The van der Waals surface area contributed by atoms with Crippen LogP contribution in [0, 0.1) is 5.92 Å². The third-order valence-electron chi connectivity index (χ3n) is 4.69. The van der Waals surface area contributed by atoms with Crippen LogP contribution in [0.25, 0.3) is 0 Å². The predicted molar refractivity (Wildman–Crippen MR) is 126 cm³/mol. The molecule has 10 unspecified atom stereocenters. The highest BCUT2D eigenvalue weighted by Gasteiger charge is 2.48. The molecule has 0 radical (unpaired) electrons. The number of hydrogen-bond acceptors (Lipinski definition) is 9. The van der Waals surface area contributed by atoms with Crippen LogP contribution in [0.1, 0.15) is 20.8 Å². The second-order valence-electron chi connectivity index (χ2n) is 6.99. The van der Waals surface area contributed by atoms with Crippen LogP contribution >= 0.6 is 67.8 Å². The summed E-state index contributed by atoms with van der Waals surface area (Å²) in [6.07, 6.45) is -10.1. The summed E-state index contributed by atoms with van der Waals surface area (Å²) in [6.45, 7) is 4.73. The minimum absolute atomic E-state index is 0.278. The van der Waals surface area contributed by atoms with Gasteiger partial charge in [0.25, 0.3) is 0 Å². The highest BCUT2D eigenvalue weighted by Crippen LogP contribution is 2.34. The van der Waals surface area contributed by atoms with E-state index in [1.54, 1.807) is 13.8 Å². The van der Waals surface area contributed by atoms with Gasteiger partial charge in [0.1, 0.15) is 36.1 Å². The van der Waals surface area contributed by atoms with E-state index in [2.05, 4.69) is 74.7 Å². The summed E-state index contributed by atoms with van der Waals surface area (Å²) >= 11 is 7.05. The monoisotopic (exact) mass is 746 g/mol. The molecule has 9 nitrogen and oxygen atoms in total. The van der Waals surface area contributed by atoms with Gasteiger partial charge in [-0.2, -0.15) is 0 Å².